The molecule has 0 fully saturated rings. The largest absolute Gasteiger partial charge is 0.478 e. The highest BCUT2D eigenvalue weighted by molar-refractivity contribution is 7.98. The number of carboxylic acids is 3. The molecule has 5 aromatic rings. The van der Waals surface area contributed by atoms with Crippen molar-refractivity contribution in [1.29, 1.82) is 4.78 Å². The number of methoxy groups -OCH3 is 2. The van der Waals surface area contributed by atoms with E-state index in [0.717, 1.165) is 24.3 Å². The molecule has 0 heterocycles. The zero-order chi connectivity index (χ0) is 52.9. The molecule has 17 nitrogen and oxygen atoms in total. The van der Waals surface area contributed by atoms with Crippen molar-refractivity contribution >= 4 is 88.6 Å². The van der Waals surface area contributed by atoms with Crippen LogP contribution in [0.15, 0.2) is 150 Å². The smallest absolute Gasteiger partial charge is 0.474 e. The monoisotopic (exact) mass is 1060 g/mol. The molecule has 1 amide bonds. The Bertz CT molecular complexity index is 2930. The number of thioether (sulfide) groups is 1. The molecular weight excluding hydrogens is 1010 g/mol. The zero-order valence-electron chi connectivity index (χ0n) is 37.4. The second-order valence-electron chi connectivity index (χ2n) is 13.2. The Kier molecular flexibility index (Phi) is 24.6. The van der Waals surface area contributed by atoms with Gasteiger partial charge in [0.2, 0.25) is 0 Å². The number of alkyl halides is 3. The van der Waals surface area contributed by atoms with Crippen molar-refractivity contribution in [2.24, 2.45) is 4.36 Å². The molecular formula is C44H45F3N2O15S5. The van der Waals surface area contributed by atoms with Gasteiger partial charge in [-0.3, -0.25) is 13.2 Å². The van der Waals surface area contributed by atoms with Crippen LogP contribution in [-0.4, -0.2) is 120 Å². The van der Waals surface area contributed by atoms with E-state index in [9.17, 15) is 58.8 Å². The van der Waals surface area contributed by atoms with Gasteiger partial charge in [0.25, 0.3) is 0 Å². The SMILES string of the molecule is COC(=O)c1cccc(S(C)(=O)=NC(=O)C(F)(F)F)c1.COC(=O)c1cccc(S(C)=O)c1.CS(=N)(=O)c1cccc(C(=O)O)c1.CS(=O)c1cccc(C(=O)O)c1.CSc1cccc(C(=O)O)c1. The van der Waals surface area contributed by atoms with Crippen molar-refractivity contribution in [3.8, 4) is 0 Å². The van der Waals surface area contributed by atoms with E-state index in [2.05, 4.69) is 13.8 Å². The summed E-state index contributed by atoms with van der Waals surface area (Å²) in [6, 6.07) is 30.1. The Morgan fingerprint density at radius 3 is 1.33 bits per heavy atom. The molecule has 0 saturated carbocycles. The zero-order valence-corrected chi connectivity index (χ0v) is 41.5. The predicted octanol–water partition coefficient (Wildman–Crippen LogP) is 7.88. The van der Waals surface area contributed by atoms with Crippen LogP contribution in [0.1, 0.15) is 51.8 Å². The fourth-order valence-electron chi connectivity index (χ4n) is 4.59. The number of nitrogens with one attached hydrogen (secondary N) is 1. The third-order valence-corrected chi connectivity index (χ3v) is 13.4. The van der Waals surface area contributed by atoms with Gasteiger partial charge < -0.3 is 24.8 Å². The number of rotatable bonds is 10. The third-order valence-electron chi connectivity index (χ3n) is 8.04. The average molecular weight is 1060 g/mol. The topological polar surface area (TPSA) is 286 Å². The molecule has 25 heteroatoms. The average Bonchev–Trinajstić information content (AvgIpc) is 3.31. The van der Waals surface area contributed by atoms with Gasteiger partial charge in [0, 0.05) is 71.1 Å². The second-order valence-corrected chi connectivity index (χ2v) is 21.2. The first kappa shape index (κ1) is 60.5. The number of hydrogen-bond acceptors (Lipinski definition) is 14. The van der Waals surface area contributed by atoms with Crippen molar-refractivity contribution in [1.82, 2.24) is 0 Å². The summed E-state index contributed by atoms with van der Waals surface area (Å²) < 4.78 is 101. The van der Waals surface area contributed by atoms with E-state index in [4.69, 9.17) is 20.1 Å². The summed E-state index contributed by atoms with van der Waals surface area (Å²) in [5.74, 6) is -6.54. The van der Waals surface area contributed by atoms with Crippen LogP contribution in [0.4, 0.5) is 13.2 Å². The van der Waals surface area contributed by atoms with Crippen molar-refractivity contribution in [3.63, 3.8) is 0 Å². The lowest BCUT2D eigenvalue weighted by Crippen LogP contribution is -2.22. The lowest BCUT2D eigenvalue weighted by molar-refractivity contribution is -0.169. The fraction of sp³-hybridized carbons (Fsp3) is 0.182. The molecule has 0 aliphatic heterocycles. The van der Waals surface area contributed by atoms with Gasteiger partial charge in [0.15, 0.2) is 0 Å². The van der Waals surface area contributed by atoms with E-state index in [-0.39, 0.29) is 26.5 Å². The molecule has 0 radical (unpaired) electrons. The van der Waals surface area contributed by atoms with Gasteiger partial charge in [0.1, 0.15) is 0 Å². The van der Waals surface area contributed by atoms with Crippen LogP contribution in [0.25, 0.3) is 0 Å². The first-order chi connectivity index (χ1) is 32.0. The number of amides is 1. The van der Waals surface area contributed by atoms with Gasteiger partial charge in [0.05, 0.1) is 61.5 Å². The summed E-state index contributed by atoms with van der Waals surface area (Å²) in [7, 11) is -6.18. The number of carbonyl (C=O) groups is 6. The van der Waals surface area contributed by atoms with E-state index in [0.29, 0.717) is 20.9 Å². The summed E-state index contributed by atoms with van der Waals surface area (Å²) in [6.07, 6.45) is 1.94. The van der Waals surface area contributed by atoms with Crippen molar-refractivity contribution in [2.45, 2.75) is 30.7 Å². The Labute approximate surface area is 404 Å². The molecule has 0 aliphatic carbocycles. The number of carbonyl (C=O) groups excluding carboxylic acids is 3. The van der Waals surface area contributed by atoms with Gasteiger partial charge in [-0.2, -0.15) is 13.2 Å². The van der Waals surface area contributed by atoms with Gasteiger partial charge in [-0.1, -0.05) is 30.3 Å². The third kappa shape index (κ3) is 21.5. The molecule has 372 valence electrons. The van der Waals surface area contributed by atoms with Crippen LogP contribution in [-0.2, 0) is 55.3 Å². The van der Waals surface area contributed by atoms with Crippen LogP contribution in [0, 0.1) is 4.78 Å². The van der Waals surface area contributed by atoms with Crippen LogP contribution < -0.4 is 0 Å². The summed E-state index contributed by atoms with van der Waals surface area (Å²) in [5, 5.41) is 25.8. The van der Waals surface area contributed by atoms with Gasteiger partial charge >= 0.3 is 41.9 Å². The van der Waals surface area contributed by atoms with Crippen molar-refractivity contribution in [3.05, 3.63) is 149 Å². The molecule has 0 saturated heterocycles. The van der Waals surface area contributed by atoms with Crippen molar-refractivity contribution < 1.29 is 83.6 Å². The maximum atomic E-state index is 12.1. The van der Waals surface area contributed by atoms with E-state index < -0.39 is 83.0 Å². The number of nitrogens with zero attached hydrogens (tertiary/aromatic N) is 1. The number of aromatic carboxylic acids is 3. The number of benzene rings is 5. The molecule has 0 aromatic heterocycles. The highest BCUT2D eigenvalue weighted by Crippen LogP contribution is 2.21. The maximum Gasteiger partial charge on any atom is 0.474 e. The molecule has 0 spiro atoms. The van der Waals surface area contributed by atoms with E-state index in [1.54, 1.807) is 60.9 Å². The van der Waals surface area contributed by atoms with E-state index in [1.165, 1.54) is 86.0 Å². The molecule has 69 heavy (non-hydrogen) atoms. The Morgan fingerprint density at radius 2 is 0.942 bits per heavy atom. The standard InChI is InChI=1S/C11H10F3NO4S.C9H10O3S.C8H9NO3S.C8H8O3S.C8H8O2S/c1-19-9(16)7-4-3-5-8(6-7)20(2,18)15-10(17)11(12,13)14;1-12-9(10)7-4-3-5-8(6-7)13(2)11;1-13(9,12)7-4-2-3-6(5-7)8(10)11;1-12(11)7-4-2-3-6(5-7)8(9)10;1-11-7-4-2-3-6(5-7)8(9)10/h3-6H,1-2H3;3-6H,1-2H3;2-5,9H,1H3,(H,10,11);2-5H,1H3,(H,9,10);2-5H,1H3,(H,9,10). The molecule has 5 rings (SSSR count). The Balaban J connectivity index is 0.000000439. The van der Waals surface area contributed by atoms with Gasteiger partial charge in [-0.15, -0.1) is 16.1 Å². The van der Waals surface area contributed by atoms with Crippen LogP contribution in [0.5, 0.6) is 0 Å². The number of esters is 2. The van der Waals surface area contributed by atoms with E-state index in [1.807, 2.05) is 12.3 Å². The number of ether oxygens (including phenoxy) is 2. The molecule has 4 atom stereocenters. The highest BCUT2D eigenvalue weighted by Gasteiger charge is 2.39. The van der Waals surface area contributed by atoms with Gasteiger partial charge in [-0.25, -0.2) is 37.2 Å². The molecule has 4 N–H and O–H groups in total. The quantitative estimate of drug-likeness (QED) is 0.0764. The highest BCUT2D eigenvalue weighted by atomic mass is 32.2. The second kappa shape index (κ2) is 28.1. The summed E-state index contributed by atoms with van der Waals surface area (Å²) >= 11 is 1.54. The van der Waals surface area contributed by atoms with Crippen molar-refractivity contribution in [2.75, 3.05) is 45.5 Å². The molecule has 0 bridgehead atoms. The minimum Gasteiger partial charge on any atom is -0.478 e. The maximum absolute atomic E-state index is 12.1. The Hall–Kier alpha value is -6.54. The minimum atomic E-state index is -5.20. The summed E-state index contributed by atoms with van der Waals surface area (Å²) in [6.45, 7) is 0. The summed E-state index contributed by atoms with van der Waals surface area (Å²) in [4.78, 5) is 66.8. The lowest BCUT2D eigenvalue weighted by atomic mass is 10.2. The number of halogens is 3. The first-order valence-electron chi connectivity index (χ1n) is 18.6. The lowest BCUT2D eigenvalue weighted by Gasteiger charge is -2.07. The molecule has 5 aromatic carbocycles. The van der Waals surface area contributed by atoms with E-state index >= 15 is 0 Å². The first-order valence-corrected chi connectivity index (χ1v) is 26.9. The number of hydrogen-bond donors (Lipinski definition) is 4. The van der Waals surface area contributed by atoms with Crippen LogP contribution in [0.3, 0.4) is 0 Å². The predicted molar refractivity (Wildman–Crippen MR) is 253 cm³/mol. The van der Waals surface area contributed by atoms with Gasteiger partial charge in [-0.05, 0) is 97.3 Å². The molecule has 4 unspecified atom stereocenters. The van der Waals surface area contributed by atoms with Crippen LogP contribution >= 0.6 is 11.8 Å². The summed E-state index contributed by atoms with van der Waals surface area (Å²) in [5.41, 5.74) is 0.989. The Morgan fingerprint density at radius 1 is 0.594 bits per heavy atom. The fourth-order valence-corrected chi connectivity index (χ4v) is 8.07. The molecule has 0 aliphatic rings. The normalized spacial score (nSPS) is 12.9. The minimum absolute atomic E-state index is 0.00534. The van der Waals surface area contributed by atoms with Crippen LogP contribution in [0.2, 0.25) is 0 Å². The number of carboxylic acid groups (broad SMARTS) is 3.